The van der Waals surface area contributed by atoms with E-state index in [1.54, 1.807) is 0 Å². The molecule has 1 N–H and O–H groups in total. The number of benzene rings is 1. The Balaban J connectivity index is 1.88. The van der Waals surface area contributed by atoms with Gasteiger partial charge < -0.3 is 14.8 Å². The molecular weight excluding hydrogens is 236 g/mol. The third-order valence-corrected chi connectivity index (χ3v) is 3.66. The number of aryl methyl sites for hydroxylation is 1. The molecule has 0 radical (unpaired) electrons. The largest absolute Gasteiger partial charge is 0.383 e. The van der Waals surface area contributed by atoms with Crippen LogP contribution in [0.3, 0.4) is 0 Å². The van der Waals surface area contributed by atoms with Crippen LogP contribution in [0.1, 0.15) is 19.0 Å². The zero-order chi connectivity index (χ0) is 13.1. The van der Waals surface area contributed by atoms with Crippen molar-refractivity contribution >= 4 is 11.4 Å². The molecule has 0 aliphatic carbocycles. The first kappa shape index (κ1) is 12.1. The fraction of sp³-hybridized carbons (Fsp3) is 0.400. The number of imidazole rings is 1. The second-order valence-corrected chi connectivity index (χ2v) is 4.89. The van der Waals surface area contributed by atoms with Crippen LogP contribution in [0.4, 0.5) is 11.4 Å². The van der Waals surface area contributed by atoms with Crippen molar-refractivity contribution in [1.29, 1.82) is 0 Å². The van der Waals surface area contributed by atoms with E-state index in [1.165, 1.54) is 17.1 Å². The van der Waals surface area contributed by atoms with Crippen molar-refractivity contribution in [3.63, 3.8) is 0 Å². The average molecular weight is 256 g/mol. The van der Waals surface area contributed by atoms with Crippen molar-refractivity contribution in [2.45, 2.75) is 26.4 Å². The highest BCUT2D eigenvalue weighted by atomic mass is 15.2. The molecule has 0 saturated heterocycles. The molecule has 1 aliphatic rings. The highest BCUT2D eigenvalue weighted by Crippen LogP contribution is 2.29. The second kappa shape index (κ2) is 5.34. The van der Waals surface area contributed by atoms with E-state index in [9.17, 15) is 0 Å². The van der Waals surface area contributed by atoms with Crippen molar-refractivity contribution < 1.29 is 0 Å². The zero-order valence-electron chi connectivity index (χ0n) is 11.3. The number of anilines is 2. The molecule has 4 nitrogen and oxygen atoms in total. The fourth-order valence-corrected chi connectivity index (χ4v) is 2.64. The second-order valence-electron chi connectivity index (χ2n) is 4.89. The van der Waals surface area contributed by atoms with Crippen LogP contribution in [0.2, 0.25) is 0 Å². The Morgan fingerprint density at radius 2 is 2.21 bits per heavy atom. The Bertz CT molecular complexity index is 547. The molecule has 0 bridgehead atoms. The van der Waals surface area contributed by atoms with E-state index in [4.69, 9.17) is 0 Å². The molecule has 0 unspecified atom stereocenters. The molecule has 19 heavy (non-hydrogen) atoms. The minimum Gasteiger partial charge on any atom is -0.383 e. The van der Waals surface area contributed by atoms with Crippen molar-refractivity contribution in [3.8, 4) is 0 Å². The lowest BCUT2D eigenvalue weighted by atomic mass is 10.2. The van der Waals surface area contributed by atoms with Crippen molar-refractivity contribution in [3.05, 3.63) is 42.5 Å². The third kappa shape index (κ3) is 2.43. The molecule has 1 aliphatic heterocycles. The Hall–Kier alpha value is -1.97. The van der Waals surface area contributed by atoms with Gasteiger partial charge in [-0.15, -0.1) is 0 Å². The summed E-state index contributed by atoms with van der Waals surface area (Å²) >= 11 is 0. The molecule has 0 spiro atoms. The highest BCUT2D eigenvalue weighted by molar-refractivity contribution is 5.70. The Morgan fingerprint density at radius 3 is 3.11 bits per heavy atom. The van der Waals surface area contributed by atoms with E-state index >= 15 is 0 Å². The number of nitrogens with one attached hydrogen (secondary N) is 1. The Kier molecular flexibility index (Phi) is 3.40. The lowest BCUT2D eigenvalue weighted by molar-refractivity contribution is 0.675. The molecule has 0 fully saturated rings. The first-order chi connectivity index (χ1) is 9.38. The first-order valence-corrected chi connectivity index (χ1v) is 6.95. The summed E-state index contributed by atoms with van der Waals surface area (Å²) in [7, 11) is 0. The van der Waals surface area contributed by atoms with Gasteiger partial charge >= 0.3 is 0 Å². The number of para-hydroxylation sites is 2. The predicted octanol–water partition coefficient (Wildman–Crippen LogP) is 2.73. The number of hydrogen-bond donors (Lipinski definition) is 1. The van der Waals surface area contributed by atoms with Crippen LogP contribution in [0.15, 0.2) is 36.8 Å². The van der Waals surface area contributed by atoms with Crippen LogP contribution in [0, 0.1) is 0 Å². The van der Waals surface area contributed by atoms with Gasteiger partial charge in [0.25, 0.3) is 0 Å². The van der Waals surface area contributed by atoms with E-state index < -0.39 is 0 Å². The smallest absolute Gasteiger partial charge is 0.0948 e. The Morgan fingerprint density at radius 1 is 1.32 bits per heavy atom. The van der Waals surface area contributed by atoms with Crippen LogP contribution in [0.5, 0.6) is 0 Å². The van der Waals surface area contributed by atoms with Crippen molar-refractivity contribution in [2.75, 3.05) is 23.3 Å². The van der Waals surface area contributed by atoms with Crippen LogP contribution in [0.25, 0.3) is 0 Å². The molecule has 1 aromatic carbocycles. The molecule has 100 valence electrons. The summed E-state index contributed by atoms with van der Waals surface area (Å²) in [6, 6.07) is 8.55. The minimum absolute atomic E-state index is 0.923. The summed E-state index contributed by atoms with van der Waals surface area (Å²) in [5.74, 6) is 0. The summed E-state index contributed by atoms with van der Waals surface area (Å²) in [6.45, 7) is 6.18. The summed E-state index contributed by atoms with van der Waals surface area (Å²) in [4.78, 5) is 6.70. The molecule has 0 amide bonds. The number of fused-ring (bicyclic) bond motifs is 1. The summed E-state index contributed by atoms with van der Waals surface area (Å²) in [5, 5.41) is 3.50. The van der Waals surface area contributed by atoms with Gasteiger partial charge in [0.15, 0.2) is 0 Å². The Labute approximate surface area is 114 Å². The SMILES string of the molecule is CCn1cncc1CN1CCCNc2ccccc21. The van der Waals surface area contributed by atoms with Crippen LogP contribution in [-0.4, -0.2) is 22.6 Å². The predicted molar refractivity (Wildman–Crippen MR) is 78.5 cm³/mol. The lowest BCUT2D eigenvalue weighted by Gasteiger charge is -2.24. The van der Waals surface area contributed by atoms with Gasteiger partial charge in [0.05, 0.1) is 29.9 Å². The van der Waals surface area contributed by atoms with Crippen molar-refractivity contribution in [1.82, 2.24) is 9.55 Å². The molecule has 2 aromatic rings. The summed E-state index contributed by atoms with van der Waals surface area (Å²) in [5.41, 5.74) is 3.81. The maximum atomic E-state index is 4.26. The quantitative estimate of drug-likeness (QED) is 0.916. The van der Waals surface area contributed by atoms with Crippen LogP contribution in [-0.2, 0) is 13.1 Å². The molecule has 1 aromatic heterocycles. The monoisotopic (exact) mass is 256 g/mol. The topological polar surface area (TPSA) is 33.1 Å². The fourth-order valence-electron chi connectivity index (χ4n) is 2.64. The molecule has 3 rings (SSSR count). The maximum absolute atomic E-state index is 4.26. The maximum Gasteiger partial charge on any atom is 0.0948 e. The molecule has 2 heterocycles. The van der Waals surface area contributed by atoms with Crippen molar-refractivity contribution in [2.24, 2.45) is 0 Å². The minimum atomic E-state index is 0.923. The number of rotatable bonds is 3. The van der Waals surface area contributed by atoms with E-state index in [0.717, 1.165) is 32.6 Å². The molecular formula is C15H20N4. The summed E-state index contributed by atoms with van der Waals surface area (Å²) < 4.78 is 2.21. The van der Waals surface area contributed by atoms with E-state index in [0.29, 0.717) is 0 Å². The van der Waals surface area contributed by atoms with Crippen LogP contribution >= 0.6 is 0 Å². The van der Waals surface area contributed by atoms with Gasteiger partial charge in [-0.3, -0.25) is 0 Å². The highest BCUT2D eigenvalue weighted by Gasteiger charge is 2.15. The van der Waals surface area contributed by atoms with Gasteiger partial charge in [0.2, 0.25) is 0 Å². The van der Waals surface area contributed by atoms with Gasteiger partial charge in [0.1, 0.15) is 0 Å². The van der Waals surface area contributed by atoms with E-state index in [2.05, 4.69) is 51.0 Å². The first-order valence-electron chi connectivity index (χ1n) is 6.95. The normalized spacial score (nSPS) is 14.7. The zero-order valence-corrected chi connectivity index (χ0v) is 11.3. The van der Waals surface area contributed by atoms with Gasteiger partial charge in [-0.25, -0.2) is 4.98 Å². The number of hydrogen-bond acceptors (Lipinski definition) is 3. The number of nitrogens with zero attached hydrogens (tertiary/aromatic N) is 3. The summed E-state index contributed by atoms with van der Waals surface area (Å²) in [6.07, 6.45) is 5.05. The lowest BCUT2D eigenvalue weighted by Crippen LogP contribution is -2.24. The molecule has 4 heteroatoms. The van der Waals surface area contributed by atoms with Crippen LogP contribution < -0.4 is 10.2 Å². The van der Waals surface area contributed by atoms with Gasteiger partial charge in [0, 0.05) is 25.8 Å². The third-order valence-electron chi connectivity index (χ3n) is 3.66. The average Bonchev–Trinajstić information content (AvgIpc) is 2.80. The van der Waals surface area contributed by atoms with E-state index in [-0.39, 0.29) is 0 Å². The molecule has 0 saturated carbocycles. The van der Waals surface area contributed by atoms with Gasteiger partial charge in [-0.05, 0) is 25.5 Å². The van der Waals surface area contributed by atoms with Gasteiger partial charge in [-0.1, -0.05) is 12.1 Å². The van der Waals surface area contributed by atoms with E-state index in [1.807, 2.05) is 12.5 Å². The standard InChI is InChI=1S/C15H20N4/c1-2-18-12-16-10-13(18)11-19-9-5-8-17-14-6-3-4-7-15(14)19/h3-4,6-7,10,12,17H,2,5,8-9,11H2,1H3. The molecule has 0 atom stereocenters. The van der Waals surface area contributed by atoms with Gasteiger partial charge in [-0.2, -0.15) is 0 Å². The number of aromatic nitrogens is 2.